The van der Waals surface area contributed by atoms with Crippen molar-refractivity contribution in [1.29, 1.82) is 0 Å². The van der Waals surface area contributed by atoms with Crippen LogP contribution < -0.4 is 10.6 Å². The number of amides is 2. The predicted molar refractivity (Wildman–Crippen MR) is 94.1 cm³/mol. The van der Waals surface area contributed by atoms with Gasteiger partial charge < -0.3 is 10.6 Å². The predicted octanol–water partition coefficient (Wildman–Crippen LogP) is 0.469. The van der Waals surface area contributed by atoms with Crippen LogP contribution in [0.3, 0.4) is 0 Å². The van der Waals surface area contributed by atoms with Gasteiger partial charge in [0.25, 0.3) is 0 Å². The first-order chi connectivity index (χ1) is 11.8. The van der Waals surface area contributed by atoms with E-state index in [1.54, 1.807) is 0 Å². The Kier molecular flexibility index (Phi) is 5.12. The number of nitrogens with one attached hydrogen (secondary N) is 2. The maximum absolute atomic E-state index is 12.5. The lowest BCUT2D eigenvalue weighted by atomic mass is 9.89. The second-order valence-corrected chi connectivity index (χ2v) is 9.95. The van der Waals surface area contributed by atoms with Crippen LogP contribution in [0.25, 0.3) is 0 Å². The van der Waals surface area contributed by atoms with Gasteiger partial charge in [0.2, 0.25) is 21.8 Å². The van der Waals surface area contributed by atoms with Crippen LogP contribution in [0.5, 0.6) is 0 Å². The first-order valence-corrected chi connectivity index (χ1v) is 11.1. The number of nitrogens with zero attached hydrogens (tertiary/aromatic N) is 1. The van der Waals surface area contributed by atoms with Crippen molar-refractivity contribution in [2.45, 2.75) is 51.0 Å². The highest BCUT2D eigenvalue weighted by atomic mass is 32.2. The molecule has 0 radical (unpaired) electrons. The molecule has 0 unspecified atom stereocenters. The fourth-order valence-electron chi connectivity index (χ4n) is 4.59. The van der Waals surface area contributed by atoms with E-state index in [1.165, 1.54) is 43.5 Å². The molecule has 2 saturated carbocycles. The fraction of sp³-hybridized carbons (Fsp3) is 0.882. The molecule has 142 valence electrons. The average molecular weight is 372 g/mol. The van der Waals surface area contributed by atoms with E-state index in [4.69, 9.17) is 0 Å². The van der Waals surface area contributed by atoms with E-state index in [1.807, 2.05) is 0 Å². The highest BCUT2D eigenvalue weighted by molar-refractivity contribution is 7.88. The standard InChI is InChI=1S/C17H29N3O4S/c1-18-16(22)14-9-17(11-20(14)25(2,23)24)8-13(17)15(21)19-10-12-6-4-3-5-7-12/h12-14H,3-11H2,1-2H3,(H,18,22)(H,19,21)/t13-,14+,17+/m1/s1. The summed E-state index contributed by atoms with van der Waals surface area (Å²) in [6.45, 7) is 0.992. The van der Waals surface area contributed by atoms with Crippen LogP contribution >= 0.6 is 0 Å². The molecular formula is C17H29N3O4S. The molecule has 1 aliphatic heterocycles. The molecule has 0 bridgehead atoms. The van der Waals surface area contributed by atoms with Gasteiger partial charge in [0.05, 0.1) is 6.26 Å². The Morgan fingerprint density at radius 1 is 1.12 bits per heavy atom. The zero-order chi connectivity index (χ0) is 18.2. The lowest BCUT2D eigenvalue weighted by molar-refractivity contribution is -0.124. The first-order valence-electron chi connectivity index (χ1n) is 9.23. The SMILES string of the molecule is CNC(=O)[C@@H]1C[C@@]2(C[C@@H]2C(=O)NCC2CCCCC2)CN1S(C)(=O)=O. The van der Waals surface area contributed by atoms with E-state index in [0.29, 0.717) is 18.8 Å². The fourth-order valence-corrected chi connectivity index (χ4v) is 5.71. The Hall–Kier alpha value is -1.15. The van der Waals surface area contributed by atoms with Crippen LogP contribution in [-0.4, -0.2) is 57.0 Å². The van der Waals surface area contributed by atoms with Crippen LogP contribution in [0.4, 0.5) is 0 Å². The molecule has 3 aliphatic rings. The molecule has 0 aromatic rings. The van der Waals surface area contributed by atoms with Crippen molar-refractivity contribution < 1.29 is 18.0 Å². The van der Waals surface area contributed by atoms with Crippen molar-refractivity contribution >= 4 is 21.8 Å². The third-order valence-corrected chi connectivity index (χ3v) is 7.42. The highest BCUT2D eigenvalue weighted by Crippen LogP contribution is 2.60. The van der Waals surface area contributed by atoms with Gasteiger partial charge in [0.1, 0.15) is 6.04 Å². The zero-order valence-electron chi connectivity index (χ0n) is 15.1. The topological polar surface area (TPSA) is 95.6 Å². The van der Waals surface area contributed by atoms with Gasteiger partial charge in [-0.2, -0.15) is 4.31 Å². The summed E-state index contributed by atoms with van der Waals surface area (Å²) in [6, 6.07) is -0.698. The largest absolute Gasteiger partial charge is 0.358 e. The second-order valence-electron chi connectivity index (χ2n) is 8.01. The van der Waals surface area contributed by atoms with Gasteiger partial charge in [-0.1, -0.05) is 19.3 Å². The molecule has 8 heteroatoms. The Bertz CT molecular complexity index is 644. The van der Waals surface area contributed by atoms with Crippen LogP contribution in [0.15, 0.2) is 0 Å². The minimum atomic E-state index is -3.48. The van der Waals surface area contributed by atoms with Crippen molar-refractivity contribution in [1.82, 2.24) is 14.9 Å². The number of hydrogen-bond donors (Lipinski definition) is 2. The molecule has 1 spiro atoms. The molecule has 2 amide bonds. The lowest BCUT2D eigenvalue weighted by Gasteiger charge is -2.22. The van der Waals surface area contributed by atoms with E-state index in [0.717, 1.165) is 12.8 Å². The summed E-state index contributed by atoms with van der Waals surface area (Å²) in [5.41, 5.74) is -0.364. The average Bonchev–Trinajstić information content (AvgIpc) is 3.13. The van der Waals surface area contributed by atoms with Gasteiger partial charge in [-0.05, 0) is 37.0 Å². The molecule has 3 atom stereocenters. The molecule has 1 saturated heterocycles. The Balaban J connectivity index is 1.60. The summed E-state index contributed by atoms with van der Waals surface area (Å²) in [5, 5.41) is 5.61. The van der Waals surface area contributed by atoms with Gasteiger partial charge in [-0.25, -0.2) is 8.42 Å². The van der Waals surface area contributed by atoms with Crippen LogP contribution in [0.1, 0.15) is 44.9 Å². The van der Waals surface area contributed by atoms with Gasteiger partial charge in [0, 0.05) is 26.1 Å². The Morgan fingerprint density at radius 3 is 2.40 bits per heavy atom. The van der Waals surface area contributed by atoms with Crippen LogP contribution in [0, 0.1) is 17.3 Å². The van der Waals surface area contributed by atoms with Crippen molar-refractivity contribution in [3.8, 4) is 0 Å². The zero-order valence-corrected chi connectivity index (χ0v) is 15.9. The smallest absolute Gasteiger partial charge is 0.238 e. The minimum Gasteiger partial charge on any atom is -0.358 e. The number of rotatable bonds is 5. The van der Waals surface area contributed by atoms with Crippen molar-refractivity contribution in [3.63, 3.8) is 0 Å². The van der Waals surface area contributed by atoms with E-state index < -0.39 is 16.1 Å². The molecule has 2 N–H and O–H groups in total. The molecule has 2 aliphatic carbocycles. The van der Waals surface area contributed by atoms with Gasteiger partial charge >= 0.3 is 0 Å². The van der Waals surface area contributed by atoms with Gasteiger partial charge in [0.15, 0.2) is 0 Å². The Labute approximate surface area is 150 Å². The molecule has 25 heavy (non-hydrogen) atoms. The van der Waals surface area contributed by atoms with Crippen LogP contribution in [0.2, 0.25) is 0 Å². The molecule has 0 aromatic carbocycles. The summed E-state index contributed by atoms with van der Waals surface area (Å²) in [6.07, 6.45) is 8.36. The van der Waals surface area contributed by atoms with E-state index in [9.17, 15) is 18.0 Å². The monoisotopic (exact) mass is 371 g/mol. The molecule has 1 heterocycles. The molecule has 0 aromatic heterocycles. The first kappa shape index (κ1) is 18.6. The molecule has 3 fully saturated rings. The van der Waals surface area contributed by atoms with Crippen LogP contribution in [-0.2, 0) is 19.6 Å². The Morgan fingerprint density at radius 2 is 1.80 bits per heavy atom. The van der Waals surface area contributed by atoms with Crippen molar-refractivity contribution in [2.24, 2.45) is 17.3 Å². The maximum Gasteiger partial charge on any atom is 0.238 e. The molecule has 3 rings (SSSR count). The summed E-state index contributed by atoms with van der Waals surface area (Å²) in [4.78, 5) is 24.6. The maximum atomic E-state index is 12.5. The minimum absolute atomic E-state index is 0.0246. The quantitative estimate of drug-likeness (QED) is 0.734. The van der Waals surface area contributed by atoms with E-state index >= 15 is 0 Å². The van der Waals surface area contributed by atoms with Crippen molar-refractivity contribution in [2.75, 3.05) is 26.4 Å². The summed E-state index contributed by atoms with van der Waals surface area (Å²) in [7, 11) is -1.97. The summed E-state index contributed by atoms with van der Waals surface area (Å²) < 4.78 is 25.3. The van der Waals surface area contributed by atoms with E-state index in [-0.39, 0.29) is 29.7 Å². The van der Waals surface area contributed by atoms with Gasteiger partial charge in [-0.15, -0.1) is 0 Å². The summed E-state index contributed by atoms with van der Waals surface area (Å²) >= 11 is 0. The molecule has 7 nitrogen and oxygen atoms in total. The summed E-state index contributed by atoms with van der Waals surface area (Å²) in [5.74, 6) is 0.129. The third kappa shape index (κ3) is 3.84. The normalized spacial score (nSPS) is 33.4. The number of sulfonamides is 1. The molecular weight excluding hydrogens is 342 g/mol. The van der Waals surface area contributed by atoms with Gasteiger partial charge in [-0.3, -0.25) is 9.59 Å². The number of carbonyl (C=O) groups excluding carboxylic acids is 2. The number of likely N-dealkylation sites (N-methyl/N-ethyl adjacent to an activating group) is 1. The highest BCUT2D eigenvalue weighted by Gasteiger charge is 2.65. The number of carbonyl (C=O) groups is 2. The number of hydrogen-bond acceptors (Lipinski definition) is 4. The van der Waals surface area contributed by atoms with Crippen molar-refractivity contribution in [3.05, 3.63) is 0 Å². The second kappa shape index (κ2) is 6.87. The lowest BCUT2D eigenvalue weighted by Crippen LogP contribution is -2.44. The third-order valence-electron chi connectivity index (χ3n) is 6.19. The van der Waals surface area contributed by atoms with E-state index in [2.05, 4.69) is 10.6 Å².